The van der Waals surface area contributed by atoms with Crippen LogP contribution >= 0.6 is 0 Å². The lowest BCUT2D eigenvalue weighted by Gasteiger charge is -2.66. The summed E-state index contributed by atoms with van der Waals surface area (Å²) < 4.78 is 18.7. The lowest BCUT2D eigenvalue weighted by Crippen LogP contribution is -2.64. The molecule has 4 nitrogen and oxygen atoms in total. The smallest absolute Gasteiger partial charge is 0.163 e. The van der Waals surface area contributed by atoms with Crippen molar-refractivity contribution in [2.75, 3.05) is 13.2 Å². The molecule has 5 atom stereocenters. The van der Waals surface area contributed by atoms with E-state index in [1.807, 2.05) is 12.1 Å². The molecule has 0 radical (unpaired) electrons. The second-order valence-corrected chi connectivity index (χ2v) is 11.3. The Morgan fingerprint density at radius 1 is 1.00 bits per heavy atom. The summed E-state index contributed by atoms with van der Waals surface area (Å²) in [6.07, 6.45) is 9.89. The van der Waals surface area contributed by atoms with Crippen LogP contribution < -0.4 is 4.74 Å². The summed E-state index contributed by atoms with van der Waals surface area (Å²) in [4.78, 5) is 4.08. The maximum absolute atomic E-state index is 6.45. The topological polar surface area (TPSA) is 40.6 Å². The molecule has 162 valence electrons. The van der Waals surface area contributed by atoms with Gasteiger partial charge in [0, 0.05) is 17.8 Å². The summed E-state index contributed by atoms with van der Waals surface area (Å²) in [5.41, 5.74) is 0.720. The van der Waals surface area contributed by atoms with Gasteiger partial charge in [-0.15, -0.1) is 0 Å². The average Bonchev–Trinajstić information content (AvgIpc) is 2.65. The predicted octanol–water partition coefficient (Wildman–Crippen LogP) is 5.86. The molecule has 1 aromatic rings. The summed E-state index contributed by atoms with van der Waals surface area (Å²) in [5.74, 6) is 1.72. The molecule has 3 fully saturated rings. The van der Waals surface area contributed by atoms with Gasteiger partial charge in [-0.2, -0.15) is 0 Å². The maximum Gasteiger partial charge on any atom is 0.163 e. The van der Waals surface area contributed by atoms with E-state index in [1.165, 1.54) is 19.3 Å². The van der Waals surface area contributed by atoms with Crippen LogP contribution in [0.15, 0.2) is 24.5 Å². The summed E-state index contributed by atoms with van der Waals surface area (Å²) in [6.45, 7) is 15.6. The largest absolute Gasteiger partial charge is 0.493 e. The Kier molecular flexibility index (Phi) is 5.26. The van der Waals surface area contributed by atoms with Gasteiger partial charge in [0.15, 0.2) is 5.79 Å². The fourth-order valence-corrected chi connectivity index (χ4v) is 7.13. The Morgan fingerprint density at radius 2 is 1.72 bits per heavy atom. The number of hydrogen-bond acceptors (Lipinski definition) is 4. The molecule has 2 aliphatic carbocycles. The minimum absolute atomic E-state index is 0.100. The summed E-state index contributed by atoms with van der Waals surface area (Å²) in [6, 6.07) is 3.89. The Labute approximate surface area is 176 Å². The highest BCUT2D eigenvalue weighted by molar-refractivity contribution is 5.17. The van der Waals surface area contributed by atoms with Gasteiger partial charge in [0.1, 0.15) is 5.75 Å². The van der Waals surface area contributed by atoms with Gasteiger partial charge in [-0.1, -0.05) is 27.7 Å². The van der Waals surface area contributed by atoms with Crippen molar-refractivity contribution in [3.63, 3.8) is 0 Å². The van der Waals surface area contributed by atoms with Crippen molar-refractivity contribution in [1.29, 1.82) is 0 Å². The number of ether oxygens (including phenoxy) is 3. The molecule has 1 aliphatic heterocycles. The van der Waals surface area contributed by atoms with Crippen LogP contribution in [0, 0.1) is 28.1 Å². The highest BCUT2D eigenvalue weighted by atomic mass is 16.7. The molecule has 0 bridgehead atoms. The van der Waals surface area contributed by atoms with Crippen LogP contribution in [0.25, 0.3) is 0 Å². The first-order valence-electron chi connectivity index (χ1n) is 11.4. The molecule has 1 aromatic heterocycles. The molecule has 1 saturated heterocycles. The number of aromatic nitrogens is 1. The molecule has 29 heavy (non-hydrogen) atoms. The monoisotopic (exact) mass is 401 g/mol. The van der Waals surface area contributed by atoms with Crippen LogP contribution in [0.2, 0.25) is 0 Å². The quantitative estimate of drug-likeness (QED) is 0.633. The van der Waals surface area contributed by atoms with Gasteiger partial charge in [0.2, 0.25) is 0 Å². The van der Waals surface area contributed by atoms with Crippen LogP contribution in [0.5, 0.6) is 5.75 Å². The normalized spacial score (nSPS) is 40.6. The van der Waals surface area contributed by atoms with E-state index in [0.717, 1.165) is 31.8 Å². The fourth-order valence-electron chi connectivity index (χ4n) is 7.13. The van der Waals surface area contributed by atoms with E-state index < -0.39 is 5.79 Å². The number of rotatable bonds is 4. The van der Waals surface area contributed by atoms with Crippen LogP contribution in [-0.2, 0) is 9.47 Å². The van der Waals surface area contributed by atoms with Gasteiger partial charge >= 0.3 is 0 Å². The SMILES string of the molecule is CC1(C)OC[C@@]2(C)C3CCC(C)(C)[C@@H](CCOc4ccncc4)[C@]3(C)CC[C@H]2O1. The van der Waals surface area contributed by atoms with Crippen molar-refractivity contribution in [3.05, 3.63) is 24.5 Å². The predicted molar refractivity (Wildman–Crippen MR) is 115 cm³/mol. The van der Waals surface area contributed by atoms with E-state index in [1.54, 1.807) is 12.4 Å². The zero-order valence-electron chi connectivity index (χ0n) is 19.2. The molecule has 4 heteroatoms. The first kappa shape index (κ1) is 21.1. The summed E-state index contributed by atoms with van der Waals surface area (Å²) >= 11 is 0. The van der Waals surface area contributed by atoms with Crippen LogP contribution in [0.4, 0.5) is 0 Å². The van der Waals surface area contributed by atoms with E-state index in [9.17, 15) is 0 Å². The minimum atomic E-state index is -0.455. The van der Waals surface area contributed by atoms with Crippen LogP contribution in [-0.4, -0.2) is 30.1 Å². The molecule has 0 spiro atoms. The van der Waals surface area contributed by atoms with Crippen LogP contribution in [0.1, 0.15) is 73.6 Å². The molecule has 2 saturated carbocycles. The van der Waals surface area contributed by atoms with E-state index in [-0.39, 0.29) is 5.41 Å². The van der Waals surface area contributed by atoms with Gasteiger partial charge in [0.25, 0.3) is 0 Å². The fraction of sp³-hybridized carbons (Fsp3) is 0.800. The van der Waals surface area contributed by atoms with Crippen molar-refractivity contribution in [1.82, 2.24) is 4.98 Å². The van der Waals surface area contributed by atoms with Gasteiger partial charge in [-0.05, 0) is 80.8 Å². The number of nitrogens with zero attached hydrogens (tertiary/aromatic N) is 1. The Hall–Kier alpha value is -1.13. The average molecular weight is 402 g/mol. The lowest BCUT2D eigenvalue weighted by atomic mass is 9.42. The first-order chi connectivity index (χ1) is 13.6. The van der Waals surface area contributed by atoms with Gasteiger partial charge in [0.05, 0.1) is 19.3 Å². The molecule has 0 N–H and O–H groups in total. The van der Waals surface area contributed by atoms with Crippen molar-refractivity contribution < 1.29 is 14.2 Å². The van der Waals surface area contributed by atoms with E-state index in [2.05, 4.69) is 46.5 Å². The molecule has 0 amide bonds. The Morgan fingerprint density at radius 3 is 2.45 bits per heavy atom. The second kappa shape index (κ2) is 7.23. The Balaban J connectivity index is 1.54. The molecule has 2 heterocycles. The molecule has 1 unspecified atom stereocenters. The summed E-state index contributed by atoms with van der Waals surface area (Å²) in [5, 5.41) is 0. The zero-order chi connectivity index (χ0) is 20.9. The molecule has 0 aromatic carbocycles. The van der Waals surface area contributed by atoms with E-state index >= 15 is 0 Å². The molecule has 4 rings (SSSR count). The van der Waals surface area contributed by atoms with Crippen molar-refractivity contribution in [2.45, 2.75) is 85.5 Å². The van der Waals surface area contributed by atoms with Gasteiger partial charge < -0.3 is 14.2 Å². The number of pyridine rings is 1. The minimum Gasteiger partial charge on any atom is -0.493 e. The van der Waals surface area contributed by atoms with Gasteiger partial charge in [-0.3, -0.25) is 4.98 Å². The second-order valence-electron chi connectivity index (χ2n) is 11.3. The Bertz CT molecular complexity index is 718. The summed E-state index contributed by atoms with van der Waals surface area (Å²) in [7, 11) is 0. The molecule has 3 aliphatic rings. The van der Waals surface area contributed by atoms with Crippen molar-refractivity contribution in [2.24, 2.45) is 28.1 Å². The van der Waals surface area contributed by atoms with Gasteiger partial charge in [-0.25, -0.2) is 0 Å². The first-order valence-corrected chi connectivity index (χ1v) is 11.4. The highest BCUT2D eigenvalue weighted by Gasteiger charge is 2.63. The standard InChI is InChI=1S/C25H39NO3/c1-22(2)12-7-20-24(5,19(22)11-16-27-18-9-14-26-15-10-18)13-8-21-25(20,6)17-28-23(3,4)29-21/h9-10,14-15,19-21H,7-8,11-13,16-17H2,1-6H3/t19-,20?,21-,24+,25+/m1/s1. The third kappa shape index (κ3) is 3.72. The van der Waals surface area contributed by atoms with E-state index in [0.29, 0.717) is 28.8 Å². The third-order valence-corrected chi connectivity index (χ3v) is 8.57. The number of fused-ring (bicyclic) bond motifs is 3. The zero-order valence-corrected chi connectivity index (χ0v) is 19.2. The van der Waals surface area contributed by atoms with E-state index in [4.69, 9.17) is 14.2 Å². The van der Waals surface area contributed by atoms with Crippen LogP contribution in [0.3, 0.4) is 0 Å². The highest BCUT2D eigenvalue weighted by Crippen LogP contribution is 2.66. The van der Waals surface area contributed by atoms with Crippen molar-refractivity contribution >= 4 is 0 Å². The maximum atomic E-state index is 6.45. The molecular weight excluding hydrogens is 362 g/mol. The lowest BCUT2D eigenvalue weighted by molar-refractivity contribution is -0.348. The third-order valence-electron chi connectivity index (χ3n) is 8.57. The van der Waals surface area contributed by atoms with Crippen molar-refractivity contribution in [3.8, 4) is 5.75 Å². The molecular formula is C25H39NO3. The number of hydrogen-bond donors (Lipinski definition) is 0.